The van der Waals surface area contributed by atoms with Crippen LogP contribution in [0.25, 0.3) is 10.9 Å². The van der Waals surface area contributed by atoms with Gasteiger partial charge in [0.1, 0.15) is 0 Å². The van der Waals surface area contributed by atoms with Crippen molar-refractivity contribution in [2.45, 2.75) is 18.6 Å². The Balaban J connectivity index is 1.41. The minimum atomic E-state index is -0.0653. The summed E-state index contributed by atoms with van der Waals surface area (Å²) in [4.78, 5) is 42.5. The molecule has 0 spiro atoms. The maximum atomic E-state index is 12.7. The van der Waals surface area contributed by atoms with Gasteiger partial charge in [0, 0.05) is 45.1 Å². The van der Waals surface area contributed by atoms with Crippen molar-refractivity contribution >= 4 is 34.5 Å². The molecule has 0 unspecified atom stereocenters. The molecule has 2 aromatic heterocycles. The average molecular weight is 411 g/mol. The highest BCUT2D eigenvalue weighted by Gasteiger charge is 2.23. The van der Waals surface area contributed by atoms with Crippen LogP contribution in [0, 0.1) is 0 Å². The van der Waals surface area contributed by atoms with Gasteiger partial charge in [0.05, 0.1) is 16.7 Å². The van der Waals surface area contributed by atoms with Crippen LogP contribution in [0.1, 0.15) is 6.92 Å². The van der Waals surface area contributed by atoms with Gasteiger partial charge in [-0.2, -0.15) is 0 Å². The molecule has 4 rings (SSSR count). The quantitative estimate of drug-likeness (QED) is 0.467. The Morgan fingerprint density at radius 2 is 1.79 bits per heavy atom. The first-order chi connectivity index (χ1) is 14.2. The molecule has 1 aliphatic heterocycles. The zero-order valence-electron chi connectivity index (χ0n) is 16.2. The highest BCUT2D eigenvalue weighted by molar-refractivity contribution is 7.99. The van der Waals surface area contributed by atoms with E-state index >= 15 is 0 Å². The highest BCUT2D eigenvalue weighted by atomic mass is 32.2. The minimum absolute atomic E-state index is 0.0497. The van der Waals surface area contributed by atoms with E-state index in [0.717, 1.165) is 0 Å². The Hall–Kier alpha value is -2.94. The minimum Gasteiger partial charge on any atom is -0.338 e. The Kier molecular flexibility index (Phi) is 5.75. The van der Waals surface area contributed by atoms with Crippen molar-refractivity contribution in [3.8, 4) is 0 Å². The summed E-state index contributed by atoms with van der Waals surface area (Å²) in [6.45, 7) is 5.09. The molecule has 8 nitrogen and oxygen atoms in total. The van der Waals surface area contributed by atoms with Gasteiger partial charge < -0.3 is 9.80 Å². The number of nitrogens with zero attached hydrogens (tertiary/aromatic N) is 6. The fourth-order valence-electron chi connectivity index (χ4n) is 3.36. The zero-order valence-corrected chi connectivity index (χ0v) is 17.0. The van der Waals surface area contributed by atoms with E-state index in [4.69, 9.17) is 0 Å². The summed E-state index contributed by atoms with van der Waals surface area (Å²) in [5.74, 6) is 1.00. The van der Waals surface area contributed by atoms with Crippen LogP contribution >= 0.6 is 11.8 Å². The SMILES string of the molecule is CCn1c(SCC(=O)N2CCN(c3ncccn3)CC2)nc2ccccc2c1=O. The molecule has 3 heterocycles. The van der Waals surface area contributed by atoms with Crippen molar-refractivity contribution in [3.63, 3.8) is 0 Å². The number of aromatic nitrogens is 4. The third-order valence-corrected chi connectivity index (χ3v) is 5.90. The van der Waals surface area contributed by atoms with Gasteiger partial charge in [-0.1, -0.05) is 23.9 Å². The number of piperazine rings is 1. The molecule has 9 heteroatoms. The van der Waals surface area contributed by atoms with Crippen LogP contribution < -0.4 is 10.5 Å². The van der Waals surface area contributed by atoms with Crippen molar-refractivity contribution in [2.75, 3.05) is 36.8 Å². The second-order valence-electron chi connectivity index (χ2n) is 6.67. The number of fused-ring (bicyclic) bond motifs is 1. The first kappa shape index (κ1) is 19.4. The van der Waals surface area contributed by atoms with Gasteiger partial charge in [0.25, 0.3) is 5.56 Å². The molecule has 0 bridgehead atoms. The lowest BCUT2D eigenvalue weighted by atomic mass is 10.2. The molecule has 0 N–H and O–H groups in total. The largest absolute Gasteiger partial charge is 0.338 e. The predicted octanol–water partition coefficient (Wildman–Crippen LogP) is 1.65. The van der Waals surface area contributed by atoms with Gasteiger partial charge in [-0.25, -0.2) is 15.0 Å². The predicted molar refractivity (Wildman–Crippen MR) is 113 cm³/mol. The average Bonchev–Trinajstić information content (AvgIpc) is 2.78. The van der Waals surface area contributed by atoms with Gasteiger partial charge in [0.2, 0.25) is 11.9 Å². The summed E-state index contributed by atoms with van der Waals surface area (Å²) >= 11 is 1.32. The lowest BCUT2D eigenvalue weighted by molar-refractivity contribution is -0.128. The number of hydrogen-bond acceptors (Lipinski definition) is 7. The van der Waals surface area contributed by atoms with E-state index in [2.05, 4.69) is 19.9 Å². The van der Waals surface area contributed by atoms with Crippen molar-refractivity contribution in [3.05, 3.63) is 53.1 Å². The number of anilines is 1. The van der Waals surface area contributed by atoms with Gasteiger partial charge in [-0.15, -0.1) is 0 Å². The molecule has 1 fully saturated rings. The van der Waals surface area contributed by atoms with Crippen molar-refractivity contribution < 1.29 is 4.79 Å². The number of thioether (sulfide) groups is 1. The molecule has 0 saturated carbocycles. The van der Waals surface area contributed by atoms with Gasteiger partial charge in [0.15, 0.2) is 5.16 Å². The number of benzene rings is 1. The van der Waals surface area contributed by atoms with Gasteiger partial charge in [-0.05, 0) is 25.1 Å². The van der Waals surface area contributed by atoms with Crippen LogP contribution in [0.3, 0.4) is 0 Å². The summed E-state index contributed by atoms with van der Waals surface area (Å²) in [6, 6.07) is 9.10. The fraction of sp³-hybridized carbons (Fsp3) is 0.350. The second kappa shape index (κ2) is 8.60. The third kappa shape index (κ3) is 4.09. The molecule has 150 valence electrons. The first-order valence-corrected chi connectivity index (χ1v) is 10.6. The number of para-hydroxylation sites is 1. The number of carbonyl (C=O) groups excluding carboxylic acids is 1. The van der Waals surface area contributed by atoms with E-state index in [1.165, 1.54) is 11.8 Å². The molecule has 1 aliphatic rings. The fourth-order valence-corrected chi connectivity index (χ4v) is 4.33. The number of hydrogen-bond donors (Lipinski definition) is 0. The van der Waals surface area contributed by atoms with Crippen molar-refractivity contribution in [1.29, 1.82) is 0 Å². The van der Waals surface area contributed by atoms with Crippen LogP contribution in [0.5, 0.6) is 0 Å². The van der Waals surface area contributed by atoms with E-state index in [1.807, 2.05) is 30.0 Å². The van der Waals surface area contributed by atoms with Gasteiger partial charge in [-0.3, -0.25) is 14.2 Å². The lowest BCUT2D eigenvalue weighted by Gasteiger charge is -2.34. The monoisotopic (exact) mass is 410 g/mol. The lowest BCUT2D eigenvalue weighted by Crippen LogP contribution is -2.49. The molecule has 1 saturated heterocycles. The summed E-state index contributed by atoms with van der Waals surface area (Å²) in [5.41, 5.74) is 0.596. The smallest absolute Gasteiger partial charge is 0.262 e. The molecular formula is C20H22N6O2S. The van der Waals surface area contributed by atoms with Crippen LogP contribution in [-0.2, 0) is 11.3 Å². The Morgan fingerprint density at radius 1 is 1.07 bits per heavy atom. The topological polar surface area (TPSA) is 84.2 Å². The molecule has 0 atom stereocenters. The summed E-state index contributed by atoms with van der Waals surface area (Å²) in [7, 11) is 0. The van der Waals surface area contributed by atoms with Crippen LogP contribution in [-0.4, -0.2) is 62.3 Å². The Morgan fingerprint density at radius 3 is 2.52 bits per heavy atom. The van der Waals surface area contributed by atoms with Gasteiger partial charge >= 0.3 is 0 Å². The molecular weight excluding hydrogens is 388 g/mol. The second-order valence-corrected chi connectivity index (χ2v) is 7.61. The maximum Gasteiger partial charge on any atom is 0.262 e. The van der Waals surface area contributed by atoms with Crippen LogP contribution in [0.4, 0.5) is 5.95 Å². The van der Waals surface area contributed by atoms with Crippen molar-refractivity contribution in [1.82, 2.24) is 24.4 Å². The maximum absolute atomic E-state index is 12.7. The summed E-state index contributed by atoms with van der Waals surface area (Å²) in [5, 5.41) is 1.19. The number of rotatable bonds is 5. The van der Waals surface area contributed by atoms with E-state index in [1.54, 1.807) is 29.1 Å². The molecule has 0 aliphatic carbocycles. The Labute approximate surface area is 172 Å². The van der Waals surface area contributed by atoms with Crippen LogP contribution in [0.15, 0.2) is 52.7 Å². The molecule has 1 aromatic carbocycles. The molecule has 0 radical (unpaired) electrons. The summed E-state index contributed by atoms with van der Waals surface area (Å²) < 4.78 is 1.63. The number of carbonyl (C=O) groups is 1. The first-order valence-electron chi connectivity index (χ1n) is 9.59. The molecule has 3 aromatic rings. The van der Waals surface area contributed by atoms with E-state index < -0.39 is 0 Å². The number of amides is 1. The van der Waals surface area contributed by atoms with Crippen LogP contribution in [0.2, 0.25) is 0 Å². The van der Waals surface area contributed by atoms with Crippen molar-refractivity contribution in [2.24, 2.45) is 0 Å². The van der Waals surface area contributed by atoms with E-state index in [0.29, 0.717) is 54.7 Å². The third-order valence-electron chi connectivity index (χ3n) is 4.93. The zero-order chi connectivity index (χ0) is 20.2. The van der Waals surface area contributed by atoms with E-state index in [-0.39, 0.29) is 17.2 Å². The standard InChI is InChI=1S/C20H22N6O2S/c1-2-26-18(28)15-6-3-4-7-16(15)23-20(26)29-14-17(27)24-10-12-25(13-11-24)19-21-8-5-9-22-19/h3-9H,2,10-14H2,1H3. The highest BCUT2D eigenvalue weighted by Crippen LogP contribution is 2.19. The molecule has 29 heavy (non-hydrogen) atoms. The van der Waals surface area contributed by atoms with E-state index in [9.17, 15) is 9.59 Å². The summed E-state index contributed by atoms with van der Waals surface area (Å²) in [6.07, 6.45) is 3.45. The normalized spacial score (nSPS) is 14.4. The molecule has 1 amide bonds. The Bertz CT molecular complexity index is 1060.